The molecule has 0 aliphatic carbocycles. The van der Waals surface area contributed by atoms with Gasteiger partial charge in [0.15, 0.2) is 0 Å². The summed E-state index contributed by atoms with van der Waals surface area (Å²) in [7, 11) is 0. The third-order valence-electron chi connectivity index (χ3n) is 3.78. The van der Waals surface area contributed by atoms with Crippen LogP contribution in [0.25, 0.3) is 0 Å². The van der Waals surface area contributed by atoms with Crippen molar-refractivity contribution < 1.29 is 35.1 Å². The van der Waals surface area contributed by atoms with E-state index in [-0.39, 0.29) is 0 Å². The monoisotopic (exact) mass is 476 g/mol. The average molecular weight is 476 g/mol. The Morgan fingerprint density at radius 3 is 0.708 bits per heavy atom. The summed E-state index contributed by atoms with van der Waals surface area (Å²) in [5, 5.41) is 0. The summed E-state index contributed by atoms with van der Waals surface area (Å²) in [6.45, 7) is 0. The summed E-state index contributed by atoms with van der Waals surface area (Å²) in [6, 6.07) is 0. The van der Waals surface area contributed by atoms with E-state index in [9.17, 15) is 35.1 Å². The van der Waals surface area contributed by atoms with Crippen molar-refractivity contribution >= 4 is 46.7 Å². The Kier molecular flexibility index (Phi) is 4.28. The van der Waals surface area contributed by atoms with Crippen molar-refractivity contribution in [2.24, 2.45) is 0 Å². The molecule has 1 aliphatic rings. The second kappa shape index (κ2) is 5.77. The van der Waals surface area contributed by atoms with E-state index in [2.05, 4.69) is 0 Å². The quantitative estimate of drug-likeness (QED) is 0.235. The van der Waals surface area contributed by atoms with Crippen LogP contribution in [0.1, 0.15) is 0 Å². The first-order chi connectivity index (χ1) is 11.1. The van der Waals surface area contributed by atoms with E-state index in [0.29, 0.717) is 0 Å². The molecule has 2 aromatic carbocycles. The van der Waals surface area contributed by atoms with E-state index in [1.807, 2.05) is 0 Å². The van der Waals surface area contributed by atoms with Crippen LogP contribution < -0.4 is 17.4 Å². The summed E-state index contributed by atoms with van der Waals surface area (Å²) < 4.78 is 109. The van der Waals surface area contributed by atoms with Crippen LogP contribution in [0.15, 0.2) is 0 Å². The van der Waals surface area contributed by atoms with E-state index in [0.717, 1.165) is 0 Å². The minimum atomic E-state index is -3.25. The molecule has 3 rings (SSSR count). The molecule has 0 amide bonds. The first-order valence-electron chi connectivity index (χ1n) is 6.30. The molecule has 1 heterocycles. The van der Waals surface area contributed by atoms with Gasteiger partial charge >= 0.3 is 140 Å². The SMILES string of the molecule is C[As]1c2c(F)c(F)c(F)c(F)c2[As](C)c2c(F)c(F)c(F)c(F)c21. The van der Waals surface area contributed by atoms with Gasteiger partial charge < -0.3 is 0 Å². The van der Waals surface area contributed by atoms with Gasteiger partial charge in [-0.3, -0.25) is 0 Å². The van der Waals surface area contributed by atoms with Crippen LogP contribution in [0.3, 0.4) is 0 Å². The zero-order valence-corrected chi connectivity index (χ0v) is 15.7. The zero-order valence-electron chi connectivity index (χ0n) is 11.9. The fourth-order valence-electron chi connectivity index (χ4n) is 2.67. The third-order valence-corrected chi connectivity index (χ3v) is 14.6. The van der Waals surface area contributed by atoms with E-state index in [1.54, 1.807) is 0 Å². The predicted octanol–water partition coefficient (Wildman–Crippen LogP) is 1.59. The number of benzene rings is 2. The molecular weight excluding hydrogens is 470 g/mol. The Bertz CT molecular complexity index is 752. The van der Waals surface area contributed by atoms with Crippen LogP contribution in [-0.2, 0) is 0 Å². The number of fused-ring (bicyclic) bond motifs is 2. The van der Waals surface area contributed by atoms with Crippen molar-refractivity contribution in [3.63, 3.8) is 0 Å². The van der Waals surface area contributed by atoms with Crippen LogP contribution in [0.4, 0.5) is 35.1 Å². The van der Waals surface area contributed by atoms with Crippen LogP contribution >= 0.6 is 0 Å². The summed E-state index contributed by atoms with van der Waals surface area (Å²) in [4.78, 5) is 0. The summed E-state index contributed by atoms with van der Waals surface area (Å²) in [5.74, 6) is -14.9. The molecule has 0 saturated heterocycles. The van der Waals surface area contributed by atoms with Crippen LogP contribution in [0.5, 0.6) is 0 Å². The zero-order chi connectivity index (χ0) is 18.1. The Hall–Kier alpha value is -1.00. The normalized spacial score (nSPS) is 19.2. The van der Waals surface area contributed by atoms with Gasteiger partial charge in [-0.2, -0.15) is 0 Å². The number of hydrogen-bond acceptors (Lipinski definition) is 0. The Morgan fingerprint density at radius 1 is 0.375 bits per heavy atom. The molecule has 0 spiro atoms. The summed E-state index contributed by atoms with van der Waals surface area (Å²) in [5.41, 5.74) is 2.40. The van der Waals surface area contributed by atoms with Gasteiger partial charge in [-0.1, -0.05) is 0 Å². The van der Waals surface area contributed by atoms with Crippen molar-refractivity contribution in [2.75, 3.05) is 0 Å². The predicted molar refractivity (Wildman–Crippen MR) is 74.3 cm³/mol. The Labute approximate surface area is 140 Å². The molecule has 0 nitrogen and oxygen atoms in total. The summed E-state index contributed by atoms with van der Waals surface area (Å²) >= 11 is -6.50. The van der Waals surface area contributed by atoms with Crippen molar-refractivity contribution in [1.82, 2.24) is 0 Å². The van der Waals surface area contributed by atoms with E-state index in [1.165, 1.54) is 11.4 Å². The molecule has 0 saturated carbocycles. The Morgan fingerprint density at radius 2 is 0.542 bits per heavy atom. The molecule has 1 aliphatic heterocycles. The molecule has 0 aromatic heterocycles. The number of hydrogen-bond donors (Lipinski definition) is 0. The molecule has 0 fully saturated rings. The maximum absolute atomic E-state index is 14.1. The molecule has 10 heteroatoms. The molecule has 24 heavy (non-hydrogen) atoms. The molecule has 0 bridgehead atoms. The van der Waals surface area contributed by atoms with Crippen LogP contribution in [-0.4, -0.2) is 29.3 Å². The molecule has 0 N–H and O–H groups in total. The van der Waals surface area contributed by atoms with Gasteiger partial charge in [-0.15, -0.1) is 0 Å². The molecule has 0 radical (unpaired) electrons. The topological polar surface area (TPSA) is 0 Å². The minimum absolute atomic E-state index is 0.543. The van der Waals surface area contributed by atoms with E-state index in [4.69, 9.17) is 0 Å². The molecule has 0 atom stereocenters. The maximum atomic E-state index is 14.1. The number of rotatable bonds is 0. The van der Waals surface area contributed by atoms with E-state index >= 15 is 0 Å². The van der Waals surface area contributed by atoms with Gasteiger partial charge in [0, 0.05) is 0 Å². The van der Waals surface area contributed by atoms with Crippen molar-refractivity contribution in [1.29, 1.82) is 0 Å². The molecule has 0 unspecified atom stereocenters. The van der Waals surface area contributed by atoms with Gasteiger partial charge in [0.05, 0.1) is 0 Å². The van der Waals surface area contributed by atoms with Crippen molar-refractivity contribution in [3.8, 4) is 0 Å². The first kappa shape index (κ1) is 17.8. The van der Waals surface area contributed by atoms with Crippen molar-refractivity contribution in [3.05, 3.63) is 46.5 Å². The molecule has 128 valence electrons. The Balaban J connectivity index is 2.48. The van der Waals surface area contributed by atoms with Gasteiger partial charge in [-0.05, 0) is 0 Å². The van der Waals surface area contributed by atoms with Crippen molar-refractivity contribution in [2.45, 2.75) is 11.4 Å². The third kappa shape index (κ3) is 2.12. The van der Waals surface area contributed by atoms with Gasteiger partial charge in [-0.25, -0.2) is 0 Å². The average Bonchev–Trinajstić information content (AvgIpc) is 2.55. The van der Waals surface area contributed by atoms with Gasteiger partial charge in [0.25, 0.3) is 0 Å². The second-order valence-electron chi connectivity index (χ2n) is 5.02. The first-order valence-corrected chi connectivity index (χ1v) is 13.8. The molecule has 2 aromatic rings. The van der Waals surface area contributed by atoms with Gasteiger partial charge in [0.1, 0.15) is 0 Å². The van der Waals surface area contributed by atoms with Crippen LogP contribution in [0, 0.1) is 46.5 Å². The standard InChI is InChI=1S/C14H6As2F8/c1-15-3-5(9(19)13(23)11(21)7(3)17)16(2)6-4(15)8(18)12(22)14(24)10(6)20/h1-2H3. The number of halogens is 8. The fraction of sp³-hybridized carbons (Fsp3) is 0.143. The van der Waals surface area contributed by atoms with Crippen LogP contribution in [0.2, 0.25) is 11.4 Å². The summed E-state index contributed by atoms with van der Waals surface area (Å²) in [6.07, 6.45) is 0. The van der Waals surface area contributed by atoms with E-state index < -0.39 is 93.2 Å². The fourth-order valence-corrected chi connectivity index (χ4v) is 16.9. The van der Waals surface area contributed by atoms with Gasteiger partial charge in [0.2, 0.25) is 0 Å². The molecular formula is C14H6As2F8. The second-order valence-corrected chi connectivity index (χ2v) is 13.5.